The molecular formula is C15H20N2O2. The molecule has 4 nitrogen and oxygen atoms in total. The Kier molecular flexibility index (Phi) is 3.42. The summed E-state index contributed by atoms with van der Waals surface area (Å²) in [7, 11) is 2.06. The summed E-state index contributed by atoms with van der Waals surface area (Å²) in [6.07, 6.45) is 1.78. The number of carbonyl (C=O) groups is 1. The molecule has 3 rings (SSSR count). The van der Waals surface area contributed by atoms with Crippen LogP contribution >= 0.6 is 0 Å². The summed E-state index contributed by atoms with van der Waals surface area (Å²) in [5.74, 6) is 0. The number of hydrogen-bond donors (Lipinski definition) is 0. The molecule has 0 N–H and O–H groups in total. The number of hydrogen-bond acceptors (Lipinski definition) is 3. The Hall–Kier alpha value is -1.55. The molecule has 1 aromatic rings. The fourth-order valence-corrected chi connectivity index (χ4v) is 2.86. The van der Waals surface area contributed by atoms with E-state index in [9.17, 15) is 4.79 Å². The van der Waals surface area contributed by atoms with E-state index >= 15 is 0 Å². The minimum Gasteiger partial charge on any atom is -0.445 e. The Morgan fingerprint density at radius 3 is 2.79 bits per heavy atom. The van der Waals surface area contributed by atoms with Crippen molar-refractivity contribution in [3.05, 3.63) is 35.4 Å². The van der Waals surface area contributed by atoms with Crippen molar-refractivity contribution in [2.24, 2.45) is 0 Å². The monoisotopic (exact) mass is 260 g/mol. The van der Waals surface area contributed by atoms with Gasteiger partial charge in [-0.2, -0.15) is 0 Å². The third-order valence-electron chi connectivity index (χ3n) is 4.00. The molecule has 0 bridgehead atoms. The van der Waals surface area contributed by atoms with Crippen molar-refractivity contribution < 1.29 is 9.53 Å². The van der Waals surface area contributed by atoms with Gasteiger partial charge in [0.15, 0.2) is 0 Å². The number of amides is 1. The van der Waals surface area contributed by atoms with Gasteiger partial charge in [-0.15, -0.1) is 0 Å². The smallest absolute Gasteiger partial charge is 0.410 e. The van der Waals surface area contributed by atoms with Gasteiger partial charge in [0.05, 0.1) is 0 Å². The van der Waals surface area contributed by atoms with Crippen LogP contribution in [0.25, 0.3) is 0 Å². The first kappa shape index (κ1) is 12.5. The molecule has 0 radical (unpaired) electrons. The van der Waals surface area contributed by atoms with E-state index < -0.39 is 0 Å². The molecule has 1 amide bonds. The van der Waals surface area contributed by atoms with E-state index in [1.165, 1.54) is 11.1 Å². The van der Waals surface area contributed by atoms with Gasteiger partial charge in [-0.3, -0.25) is 0 Å². The van der Waals surface area contributed by atoms with Crippen molar-refractivity contribution in [3.63, 3.8) is 0 Å². The largest absolute Gasteiger partial charge is 0.445 e. The zero-order valence-corrected chi connectivity index (χ0v) is 11.3. The lowest BCUT2D eigenvalue weighted by Crippen LogP contribution is -2.38. The van der Waals surface area contributed by atoms with Gasteiger partial charge in [-0.25, -0.2) is 4.79 Å². The Morgan fingerprint density at radius 1 is 1.26 bits per heavy atom. The molecule has 0 spiro atoms. The molecule has 1 unspecified atom stereocenters. The van der Waals surface area contributed by atoms with Crippen LogP contribution in [0.15, 0.2) is 24.3 Å². The van der Waals surface area contributed by atoms with Gasteiger partial charge < -0.3 is 14.5 Å². The van der Waals surface area contributed by atoms with Crippen LogP contribution in [0, 0.1) is 0 Å². The number of likely N-dealkylation sites (N-methyl/N-ethyl adjacent to an activating group) is 1. The molecule has 19 heavy (non-hydrogen) atoms. The second-order valence-corrected chi connectivity index (χ2v) is 5.50. The highest BCUT2D eigenvalue weighted by molar-refractivity contribution is 5.68. The topological polar surface area (TPSA) is 32.8 Å². The lowest BCUT2D eigenvalue weighted by molar-refractivity contribution is 0.0633. The second kappa shape index (κ2) is 5.21. The van der Waals surface area contributed by atoms with Gasteiger partial charge in [0.1, 0.15) is 6.10 Å². The van der Waals surface area contributed by atoms with E-state index in [1.54, 1.807) is 0 Å². The predicted molar refractivity (Wildman–Crippen MR) is 72.9 cm³/mol. The van der Waals surface area contributed by atoms with E-state index in [0.717, 1.165) is 32.5 Å². The molecule has 0 aromatic heterocycles. The summed E-state index contributed by atoms with van der Waals surface area (Å²) < 4.78 is 5.58. The molecule has 2 aliphatic heterocycles. The van der Waals surface area contributed by atoms with E-state index in [4.69, 9.17) is 4.74 Å². The van der Waals surface area contributed by atoms with Gasteiger partial charge in [0, 0.05) is 26.2 Å². The minimum absolute atomic E-state index is 0.0645. The molecule has 1 saturated heterocycles. The van der Waals surface area contributed by atoms with Gasteiger partial charge in [0.25, 0.3) is 0 Å². The molecule has 2 heterocycles. The van der Waals surface area contributed by atoms with Crippen LogP contribution in [0.5, 0.6) is 0 Å². The Balaban J connectivity index is 1.60. The van der Waals surface area contributed by atoms with Crippen LogP contribution in [-0.4, -0.2) is 48.7 Å². The molecule has 102 valence electrons. The van der Waals surface area contributed by atoms with Crippen molar-refractivity contribution in [2.75, 3.05) is 26.7 Å². The van der Waals surface area contributed by atoms with Crippen molar-refractivity contribution in [3.8, 4) is 0 Å². The maximum Gasteiger partial charge on any atom is 0.410 e. The summed E-state index contributed by atoms with van der Waals surface area (Å²) in [5, 5.41) is 0. The first-order chi connectivity index (χ1) is 9.22. The van der Waals surface area contributed by atoms with Crippen molar-refractivity contribution in [1.82, 2.24) is 9.80 Å². The summed E-state index contributed by atoms with van der Waals surface area (Å²) in [4.78, 5) is 16.2. The Labute approximate surface area is 113 Å². The molecule has 1 fully saturated rings. The van der Waals surface area contributed by atoms with Crippen LogP contribution in [0.1, 0.15) is 17.5 Å². The van der Waals surface area contributed by atoms with Crippen LogP contribution < -0.4 is 0 Å². The third kappa shape index (κ3) is 2.73. The van der Waals surface area contributed by atoms with E-state index in [1.807, 2.05) is 11.0 Å². The van der Waals surface area contributed by atoms with Crippen LogP contribution in [-0.2, 0) is 17.7 Å². The second-order valence-electron chi connectivity index (χ2n) is 5.50. The van der Waals surface area contributed by atoms with Crippen molar-refractivity contribution in [1.29, 1.82) is 0 Å². The van der Waals surface area contributed by atoms with Crippen LogP contribution in [0.2, 0.25) is 0 Å². The lowest BCUT2D eigenvalue weighted by Gasteiger charge is -2.29. The Morgan fingerprint density at radius 2 is 2.05 bits per heavy atom. The average Bonchev–Trinajstić information content (AvgIpc) is 2.83. The van der Waals surface area contributed by atoms with Gasteiger partial charge in [-0.05, 0) is 31.0 Å². The molecule has 4 heteroatoms. The quantitative estimate of drug-likeness (QED) is 0.773. The maximum absolute atomic E-state index is 12.2. The van der Waals surface area contributed by atoms with Crippen LogP contribution in [0.3, 0.4) is 0 Å². The molecule has 1 atom stereocenters. The summed E-state index contributed by atoms with van der Waals surface area (Å²) in [6.45, 7) is 3.31. The van der Waals surface area contributed by atoms with Crippen LogP contribution in [0.4, 0.5) is 4.79 Å². The highest BCUT2D eigenvalue weighted by atomic mass is 16.6. The number of fused-ring (bicyclic) bond motifs is 1. The average molecular weight is 260 g/mol. The number of benzene rings is 1. The van der Waals surface area contributed by atoms with E-state index in [2.05, 4.69) is 30.1 Å². The normalized spacial score (nSPS) is 23.2. The molecular weight excluding hydrogens is 240 g/mol. The van der Waals surface area contributed by atoms with E-state index in [-0.39, 0.29) is 12.2 Å². The molecule has 2 aliphatic rings. The minimum atomic E-state index is -0.158. The number of rotatable bonds is 1. The number of ether oxygens (including phenoxy) is 1. The molecule has 0 saturated carbocycles. The standard InChI is InChI=1S/C15H20N2O2/c1-16-8-7-14(11-16)19-15(18)17-9-6-12-4-2-3-5-13(12)10-17/h2-5,14H,6-11H2,1H3. The van der Waals surface area contributed by atoms with E-state index in [0.29, 0.717) is 6.54 Å². The Bertz CT molecular complexity index is 475. The predicted octanol–water partition coefficient (Wildman–Crippen LogP) is 1.89. The first-order valence-corrected chi connectivity index (χ1v) is 6.93. The van der Waals surface area contributed by atoms with Gasteiger partial charge in [0.2, 0.25) is 0 Å². The third-order valence-corrected chi connectivity index (χ3v) is 4.00. The lowest BCUT2D eigenvalue weighted by atomic mass is 10.0. The fourth-order valence-electron chi connectivity index (χ4n) is 2.86. The zero-order chi connectivity index (χ0) is 13.2. The first-order valence-electron chi connectivity index (χ1n) is 6.93. The zero-order valence-electron chi connectivity index (χ0n) is 11.3. The summed E-state index contributed by atoms with van der Waals surface area (Å²) in [5.41, 5.74) is 2.60. The van der Waals surface area contributed by atoms with Crippen molar-refractivity contribution >= 4 is 6.09 Å². The summed E-state index contributed by atoms with van der Waals surface area (Å²) >= 11 is 0. The molecule has 0 aliphatic carbocycles. The number of nitrogens with zero attached hydrogens (tertiary/aromatic N) is 2. The van der Waals surface area contributed by atoms with Crippen molar-refractivity contribution in [2.45, 2.75) is 25.5 Å². The van der Waals surface area contributed by atoms with Gasteiger partial charge in [-0.1, -0.05) is 24.3 Å². The fraction of sp³-hybridized carbons (Fsp3) is 0.533. The SMILES string of the molecule is CN1CCC(OC(=O)N2CCc3ccccc3C2)C1. The summed E-state index contributed by atoms with van der Waals surface area (Å²) in [6, 6.07) is 8.32. The highest BCUT2D eigenvalue weighted by Crippen LogP contribution is 2.20. The van der Waals surface area contributed by atoms with Gasteiger partial charge >= 0.3 is 6.09 Å². The number of carbonyl (C=O) groups excluding carboxylic acids is 1. The molecule has 1 aromatic carbocycles. The highest BCUT2D eigenvalue weighted by Gasteiger charge is 2.27. The maximum atomic E-state index is 12.2. The number of likely N-dealkylation sites (tertiary alicyclic amines) is 1.